The highest BCUT2D eigenvalue weighted by atomic mass is 14.5. The molecule has 72 valence electrons. The van der Waals surface area contributed by atoms with Gasteiger partial charge in [-0.05, 0) is 49.5 Å². The van der Waals surface area contributed by atoms with Crippen molar-refractivity contribution in [2.45, 2.75) is 46.5 Å². The highest BCUT2D eigenvalue weighted by Gasteiger charge is 2.31. The molecule has 0 radical (unpaired) electrons. The Morgan fingerprint density at radius 3 is 2.50 bits per heavy atom. The van der Waals surface area contributed by atoms with Crippen LogP contribution in [0.4, 0.5) is 0 Å². The Morgan fingerprint density at radius 1 is 1.33 bits per heavy atom. The van der Waals surface area contributed by atoms with Gasteiger partial charge in [0, 0.05) is 0 Å². The first-order valence-corrected chi connectivity index (χ1v) is 5.23. The van der Waals surface area contributed by atoms with E-state index in [1.807, 2.05) is 0 Å². The monoisotopic (exact) mass is 169 g/mol. The van der Waals surface area contributed by atoms with Gasteiger partial charge in [-0.2, -0.15) is 0 Å². The summed E-state index contributed by atoms with van der Waals surface area (Å²) in [6, 6.07) is 0. The lowest BCUT2D eigenvalue weighted by molar-refractivity contribution is 0.129. The van der Waals surface area contributed by atoms with E-state index < -0.39 is 0 Å². The molecule has 0 unspecified atom stereocenters. The SMILES string of the molecule is C[C@H]1C[C@@H](CCN)CC(C)(C)C1. The number of hydrogen-bond acceptors (Lipinski definition) is 1. The summed E-state index contributed by atoms with van der Waals surface area (Å²) in [7, 11) is 0. The van der Waals surface area contributed by atoms with Gasteiger partial charge in [-0.1, -0.05) is 20.8 Å². The van der Waals surface area contributed by atoms with Crippen LogP contribution in [0.5, 0.6) is 0 Å². The summed E-state index contributed by atoms with van der Waals surface area (Å²) in [5.74, 6) is 1.80. The van der Waals surface area contributed by atoms with E-state index in [1.165, 1.54) is 25.7 Å². The standard InChI is InChI=1S/C11H23N/c1-9-6-10(4-5-12)8-11(2,3)7-9/h9-10H,4-8,12H2,1-3H3/t9-,10+/m0/s1. The normalized spacial score (nSPS) is 35.0. The Hall–Kier alpha value is -0.0400. The summed E-state index contributed by atoms with van der Waals surface area (Å²) in [4.78, 5) is 0. The second kappa shape index (κ2) is 3.78. The highest BCUT2D eigenvalue weighted by molar-refractivity contribution is 4.82. The molecule has 2 N–H and O–H groups in total. The summed E-state index contributed by atoms with van der Waals surface area (Å²) in [6.07, 6.45) is 5.41. The lowest BCUT2D eigenvalue weighted by atomic mass is 9.67. The van der Waals surface area contributed by atoms with Crippen LogP contribution < -0.4 is 5.73 Å². The number of nitrogens with two attached hydrogens (primary N) is 1. The van der Waals surface area contributed by atoms with Gasteiger partial charge >= 0.3 is 0 Å². The predicted molar refractivity (Wildman–Crippen MR) is 54.0 cm³/mol. The van der Waals surface area contributed by atoms with E-state index in [0.717, 1.165) is 18.4 Å². The molecule has 0 amide bonds. The van der Waals surface area contributed by atoms with Crippen molar-refractivity contribution >= 4 is 0 Å². The van der Waals surface area contributed by atoms with Gasteiger partial charge in [-0.3, -0.25) is 0 Å². The van der Waals surface area contributed by atoms with Gasteiger partial charge in [0.25, 0.3) is 0 Å². The van der Waals surface area contributed by atoms with Gasteiger partial charge in [0.1, 0.15) is 0 Å². The second-order valence-corrected chi connectivity index (χ2v) is 5.36. The molecule has 1 nitrogen and oxygen atoms in total. The van der Waals surface area contributed by atoms with Gasteiger partial charge < -0.3 is 5.73 Å². The fourth-order valence-electron chi connectivity index (χ4n) is 3.00. The van der Waals surface area contributed by atoms with E-state index >= 15 is 0 Å². The van der Waals surface area contributed by atoms with Crippen molar-refractivity contribution in [3.8, 4) is 0 Å². The van der Waals surface area contributed by atoms with Crippen LogP contribution in [-0.4, -0.2) is 6.54 Å². The molecule has 0 bridgehead atoms. The van der Waals surface area contributed by atoms with Crippen LogP contribution in [0, 0.1) is 17.3 Å². The van der Waals surface area contributed by atoms with Crippen LogP contribution in [0.25, 0.3) is 0 Å². The molecule has 0 aliphatic heterocycles. The van der Waals surface area contributed by atoms with Crippen LogP contribution in [-0.2, 0) is 0 Å². The third-order valence-corrected chi connectivity index (χ3v) is 3.05. The summed E-state index contributed by atoms with van der Waals surface area (Å²) in [5, 5.41) is 0. The molecule has 0 saturated heterocycles. The highest BCUT2D eigenvalue weighted by Crippen LogP contribution is 2.42. The van der Waals surface area contributed by atoms with Crippen molar-refractivity contribution in [2.75, 3.05) is 6.54 Å². The fourth-order valence-corrected chi connectivity index (χ4v) is 3.00. The van der Waals surface area contributed by atoms with E-state index in [4.69, 9.17) is 5.73 Å². The molecular formula is C11H23N. The van der Waals surface area contributed by atoms with Crippen molar-refractivity contribution in [3.05, 3.63) is 0 Å². The maximum atomic E-state index is 5.59. The van der Waals surface area contributed by atoms with E-state index in [9.17, 15) is 0 Å². The Labute approximate surface area is 76.7 Å². The van der Waals surface area contributed by atoms with Crippen LogP contribution in [0.3, 0.4) is 0 Å². The van der Waals surface area contributed by atoms with Crippen molar-refractivity contribution in [1.82, 2.24) is 0 Å². The first-order valence-electron chi connectivity index (χ1n) is 5.23. The topological polar surface area (TPSA) is 26.0 Å². The maximum Gasteiger partial charge on any atom is -0.00746 e. The van der Waals surface area contributed by atoms with E-state index in [1.54, 1.807) is 0 Å². The van der Waals surface area contributed by atoms with E-state index in [2.05, 4.69) is 20.8 Å². The quantitative estimate of drug-likeness (QED) is 0.676. The predicted octanol–water partition coefficient (Wildman–Crippen LogP) is 2.80. The minimum Gasteiger partial charge on any atom is -0.330 e. The summed E-state index contributed by atoms with van der Waals surface area (Å²) in [6.45, 7) is 8.04. The van der Waals surface area contributed by atoms with Crippen LogP contribution in [0.2, 0.25) is 0 Å². The molecule has 1 rings (SSSR count). The minimum absolute atomic E-state index is 0.567. The molecule has 12 heavy (non-hydrogen) atoms. The molecular weight excluding hydrogens is 146 g/mol. The second-order valence-electron chi connectivity index (χ2n) is 5.36. The molecule has 1 heteroatoms. The fraction of sp³-hybridized carbons (Fsp3) is 1.00. The van der Waals surface area contributed by atoms with Crippen molar-refractivity contribution in [2.24, 2.45) is 23.0 Å². The number of hydrogen-bond donors (Lipinski definition) is 1. The molecule has 0 spiro atoms. The minimum atomic E-state index is 0.567. The average Bonchev–Trinajstić information content (AvgIpc) is 1.82. The molecule has 0 aromatic heterocycles. The summed E-state index contributed by atoms with van der Waals surface area (Å²) >= 11 is 0. The Balaban J connectivity index is 2.46. The third kappa shape index (κ3) is 2.78. The summed E-state index contributed by atoms with van der Waals surface area (Å²) in [5.41, 5.74) is 6.16. The van der Waals surface area contributed by atoms with Crippen LogP contribution >= 0.6 is 0 Å². The largest absolute Gasteiger partial charge is 0.330 e. The maximum absolute atomic E-state index is 5.59. The zero-order valence-corrected chi connectivity index (χ0v) is 8.77. The Morgan fingerprint density at radius 2 is 2.00 bits per heavy atom. The molecule has 2 atom stereocenters. The first-order chi connectivity index (χ1) is 5.53. The lowest BCUT2D eigenvalue weighted by Gasteiger charge is -2.39. The number of rotatable bonds is 2. The van der Waals surface area contributed by atoms with Crippen molar-refractivity contribution in [1.29, 1.82) is 0 Å². The molecule has 1 aliphatic rings. The van der Waals surface area contributed by atoms with Crippen molar-refractivity contribution < 1.29 is 0 Å². The molecule has 0 aromatic carbocycles. The van der Waals surface area contributed by atoms with E-state index in [0.29, 0.717) is 5.41 Å². The zero-order valence-electron chi connectivity index (χ0n) is 8.77. The molecule has 1 fully saturated rings. The lowest BCUT2D eigenvalue weighted by Crippen LogP contribution is -2.28. The Bertz CT molecular complexity index is 140. The zero-order chi connectivity index (χ0) is 9.19. The van der Waals surface area contributed by atoms with Crippen LogP contribution in [0.1, 0.15) is 46.5 Å². The Kier molecular flexibility index (Phi) is 3.16. The first kappa shape index (κ1) is 10.0. The molecule has 1 saturated carbocycles. The summed E-state index contributed by atoms with van der Waals surface area (Å²) < 4.78 is 0. The van der Waals surface area contributed by atoms with Gasteiger partial charge in [0.2, 0.25) is 0 Å². The van der Waals surface area contributed by atoms with Gasteiger partial charge in [-0.15, -0.1) is 0 Å². The van der Waals surface area contributed by atoms with Gasteiger partial charge in [-0.25, -0.2) is 0 Å². The molecule has 1 aliphatic carbocycles. The van der Waals surface area contributed by atoms with Gasteiger partial charge in [0.05, 0.1) is 0 Å². The molecule has 0 heterocycles. The third-order valence-electron chi connectivity index (χ3n) is 3.05. The average molecular weight is 169 g/mol. The van der Waals surface area contributed by atoms with E-state index in [-0.39, 0.29) is 0 Å². The smallest absolute Gasteiger partial charge is 0.00746 e. The van der Waals surface area contributed by atoms with Gasteiger partial charge in [0.15, 0.2) is 0 Å². The molecule has 0 aromatic rings. The van der Waals surface area contributed by atoms with Crippen molar-refractivity contribution in [3.63, 3.8) is 0 Å². The van der Waals surface area contributed by atoms with Crippen LogP contribution in [0.15, 0.2) is 0 Å².